The van der Waals surface area contributed by atoms with E-state index in [1.165, 1.54) is 7.11 Å². The van der Waals surface area contributed by atoms with Crippen molar-refractivity contribution in [3.05, 3.63) is 0 Å². The number of oxime groups is 1. The van der Waals surface area contributed by atoms with Crippen molar-refractivity contribution in [3.63, 3.8) is 0 Å². The number of esters is 1. The molecule has 0 aromatic rings. The maximum absolute atomic E-state index is 10.7. The Kier molecular flexibility index (Phi) is 5.82. The highest BCUT2D eigenvalue weighted by molar-refractivity contribution is 5.86. The maximum atomic E-state index is 10.7. The van der Waals surface area contributed by atoms with Gasteiger partial charge in [-0.1, -0.05) is 5.16 Å². The highest BCUT2D eigenvalue weighted by atomic mass is 16.5. The zero-order valence-corrected chi connectivity index (χ0v) is 8.60. The van der Waals surface area contributed by atoms with Crippen LogP contribution >= 0.6 is 0 Å². The molecule has 0 aliphatic carbocycles. The normalized spacial score (nSPS) is 14.2. The Labute approximate surface area is 82.7 Å². The lowest BCUT2D eigenvalue weighted by Gasteiger charge is -2.20. The van der Waals surface area contributed by atoms with Crippen LogP contribution in [0.1, 0.15) is 20.3 Å². The summed E-state index contributed by atoms with van der Waals surface area (Å²) in [5, 5.41) is 21.7. The molecule has 0 saturated heterocycles. The van der Waals surface area contributed by atoms with Gasteiger partial charge in [-0.15, -0.1) is 0 Å². The van der Waals surface area contributed by atoms with Crippen molar-refractivity contribution in [1.29, 1.82) is 0 Å². The summed E-state index contributed by atoms with van der Waals surface area (Å²) in [5.41, 5.74) is 0.373. The molecule has 6 nitrogen and oxygen atoms in total. The van der Waals surface area contributed by atoms with Gasteiger partial charge < -0.3 is 15.2 Å². The molecule has 0 heterocycles. The molecule has 0 rings (SSSR count). The number of carbonyl (C=O) groups excluding carboxylic acids is 1. The van der Waals surface area contributed by atoms with E-state index in [4.69, 9.17) is 5.21 Å². The van der Waals surface area contributed by atoms with E-state index in [2.05, 4.69) is 9.89 Å². The Morgan fingerprint density at radius 2 is 2.21 bits per heavy atom. The molecule has 1 unspecified atom stereocenters. The number of rotatable bonds is 5. The van der Waals surface area contributed by atoms with Gasteiger partial charge in [0.2, 0.25) is 0 Å². The van der Waals surface area contributed by atoms with Crippen LogP contribution in [0, 0.1) is 0 Å². The molecule has 0 aliphatic heterocycles. The molecule has 0 spiro atoms. The Balaban J connectivity index is 3.96. The van der Waals surface area contributed by atoms with Gasteiger partial charge >= 0.3 is 5.97 Å². The second kappa shape index (κ2) is 6.33. The predicted molar refractivity (Wildman–Crippen MR) is 49.5 cm³/mol. The Morgan fingerprint density at radius 3 is 2.64 bits per heavy atom. The first kappa shape index (κ1) is 12.9. The second-order valence-electron chi connectivity index (χ2n) is 2.91. The van der Waals surface area contributed by atoms with Gasteiger partial charge in [-0.05, 0) is 13.8 Å². The van der Waals surface area contributed by atoms with Crippen molar-refractivity contribution in [2.75, 3.05) is 13.7 Å². The minimum Gasteiger partial charge on any atom is -0.469 e. The summed E-state index contributed by atoms with van der Waals surface area (Å²) in [4.78, 5) is 10.7. The average molecular weight is 204 g/mol. The molecule has 1 atom stereocenters. The first-order valence-corrected chi connectivity index (χ1v) is 4.23. The number of carbonyl (C=O) groups is 1. The van der Waals surface area contributed by atoms with E-state index >= 15 is 0 Å². The number of methoxy groups -OCH3 is 1. The summed E-state index contributed by atoms with van der Waals surface area (Å²) >= 11 is 0. The van der Waals surface area contributed by atoms with Crippen LogP contribution in [0.5, 0.6) is 0 Å². The van der Waals surface area contributed by atoms with Crippen LogP contribution in [0.2, 0.25) is 0 Å². The van der Waals surface area contributed by atoms with Crippen molar-refractivity contribution in [2.45, 2.75) is 26.3 Å². The summed E-state index contributed by atoms with van der Waals surface area (Å²) in [6.45, 7) is 3.37. The lowest BCUT2D eigenvalue weighted by atomic mass is 10.2. The lowest BCUT2D eigenvalue weighted by Crippen LogP contribution is -2.36. The van der Waals surface area contributed by atoms with Gasteiger partial charge in [0.15, 0.2) is 0 Å². The molecule has 0 aromatic carbocycles. The van der Waals surface area contributed by atoms with E-state index in [9.17, 15) is 10.0 Å². The fourth-order valence-corrected chi connectivity index (χ4v) is 0.801. The molecule has 0 bridgehead atoms. The van der Waals surface area contributed by atoms with E-state index < -0.39 is 12.0 Å². The molecule has 0 saturated carbocycles. The van der Waals surface area contributed by atoms with Crippen LogP contribution in [0.15, 0.2) is 5.16 Å². The molecule has 0 fully saturated rings. The average Bonchev–Trinajstić information content (AvgIpc) is 2.22. The van der Waals surface area contributed by atoms with Crippen molar-refractivity contribution >= 4 is 11.7 Å². The number of hydrogen-bond acceptors (Lipinski definition) is 6. The highest BCUT2D eigenvalue weighted by Gasteiger charge is 2.15. The molecule has 14 heavy (non-hydrogen) atoms. The van der Waals surface area contributed by atoms with Crippen molar-refractivity contribution in [2.24, 2.45) is 5.16 Å². The molecule has 82 valence electrons. The zero-order valence-electron chi connectivity index (χ0n) is 8.60. The van der Waals surface area contributed by atoms with E-state index in [0.717, 1.165) is 5.06 Å². The van der Waals surface area contributed by atoms with Gasteiger partial charge in [0, 0.05) is 6.54 Å². The lowest BCUT2D eigenvalue weighted by molar-refractivity contribution is -0.147. The Bertz CT molecular complexity index is 217. The van der Waals surface area contributed by atoms with Crippen LogP contribution in [0.3, 0.4) is 0 Å². The molecule has 6 heteroatoms. The van der Waals surface area contributed by atoms with E-state index in [1.807, 2.05) is 0 Å². The van der Waals surface area contributed by atoms with Gasteiger partial charge in [0.25, 0.3) is 0 Å². The van der Waals surface area contributed by atoms with Crippen molar-refractivity contribution in [1.82, 2.24) is 5.06 Å². The molecular weight excluding hydrogens is 188 g/mol. The predicted octanol–water partition coefficient (Wildman–Crippen LogP) is 0.479. The Morgan fingerprint density at radius 1 is 1.64 bits per heavy atom. The fraction of sp³-hybridized carbons (Fsp3) is 0.750. The van der Waals surface area contributed by atoms with Crippen LogP contribution in [-0.4, -0.2) is 46.9 Å². The SMILES string of the molecule is COC(=O)CCN(O)C(C)/C(C)=N/O. The number of hydroxylamine groups is 2. The number of ether oxygens (including phenoxy) is 1. The van der Waals surface area contributed by atoms with E-state index in [-0.39, 0.29) is 13.0 Å². The van der Waals surface area contributed by atoms with Gasteiger partial charge in [0.05, 0.1) is 25.3 Å². The molecule has 0 aliphatic rings. The van der Waals surface area contributed by atoms with Crippen LogP contribution in [0.25, 0.3) is 0 Å². The van der Waals surface area contributed by atoms with Crippen LogP contribution in [0.4, 0.5) is 0 Å². The number of nitrogens with zero attached hydrogens (tertiary/aromatic N) is 2. The molecule has 0 aromatic heterocycles. The van der Waals surface area contributed by atoms with Gasteiger partial charge in [-0.3, -0.25) is 4.79 Å². The highest BCUT2D eigenvalue weighted by Crippen LogP contribution is 1.99. The third kappa shape index (κ3) is 4.20. The van der Waals surface area contributed by atoms with Crippen LogP contribution in [-0.2, 0) is 9.53 Å². The van der Waals surface area contributed by atoms with Gasteiger partial charge in [0.1, 0.15) is 0 Å². The van der Waals surface area contributed by atoms with Crippen LogP contribution < -0.4 is 0 Å². The molecular formula is C8H16N2O4. The van der Waals surface area contributed by atoms with E-state index in [1.54, 1.807) is 13.8 Å². The minimum atomic E-state index is -0.426. The summed E-state index contributed by atoms with van der Waals surface area (Å²) in [5.74, 6) is -0.394. The van der Waals surface area contributed by atoms with Gasteiger partial charge in [-0.2, -0.15) is 5.06 Å². The fourth-order valence-electron chi connectivity index (χ4n) is 0.801. The monoisotopic (exact) mass is 204 g/mol. The summed E-state index contributed by atoms with van der Waals surface area (Å²) < 4.78 is 4.41. The first-order chi connectivity index (χ1) is 6.52. The standard InChI is InChI=1S/C8H16N2O4/c1-6(9-12)7(2)10(13)5-4-8(11)14-3/h7,12-13H,4-5H2,1-3H3/b9-6+. The maximum Gasteiger partial charge on any atom is 0.306 e. The second-order valence-corrected chi connectivity index (χ2v) is 2.91. The molecule has 2 N–H and O–H groups in total. The van der Waals surface area contributed by atoms with Gasteiger partial charge in [-0.25, -0.2) is 0 Å². The minimum absolute atomic E-state index is 0.0933. The molecule has 0 amide bonds. The Hall–Kier alpha value is -1.14. The van der Waals surface area contributed by atoms with Crippen molar-refractivity contribution < 1.29 is 19.9 Å². The number of hydrogen-bond donors (Lipinski definition) is 2. The topological polar surface area (TPSA) is 82.4 Å². The van der Waals surface area contributed by atoms with E-state index in [0.29, 0.717) is 5.71 Å². The summed E-state index contributed by atoms with van der Waals surface area (Å²) in [6, 6.07) is -0.426. The summed E-state index contributed by atoms with van der Waals surface area (Å²) in [6.07, 6.45) is 0.0933. The summed E-state index contributed by atoms with van der Waals surface area (Å²) in [7, 11) is 1.29. The molecule has 0 radical (unpaired) electrons. The smallest absolute Gasteiger partial charge is 0.306 e. The first-order valence-electron chi connectivity index (χ1n) is 4.23. The third-order valence-electron chi connectivity index (χ3n) is 1.98. The van der Waals surface area contributed by atoms with Crippen molar-refractivity contribution in [3.8, 4) is 0 Å². The third-order valence-corrected chi connectivity index (χ3v) is 1.98. The quantitative estimate of drug-likeness (QED) is 0.294. The zero-order chi connectivity index (χ0) is 11.1. The largest absolute Gasteiger partial charge is 0.469 e.